The molecule has 1 fully saturated rings. The molecule has 1 atom stereocenters. The van der Waals surface area contributed by atoms with Crippen molar-refractivity contribution in [3.63, 3.8) is 0 Å². The Hall–Kier alpha value is -1.41. The van der Waals surface area contributed by atoms with Gasteiger partial charge in [-0.1, -0.05) is 0 Å². The van der Waals surface area contributed by atoms with Gasteiger partial charge in [0.15, 0.2) is 0 Å². The Morgan fingerprint density at radius 2 is 2.15 bits per heavy atom. The van der Waals surface area contributed by atoms with Crippen LogP contribution in [0.15, 0.2) is 12.4 Å². The molecule has 0 saturated carbocycles. The van der Waals surface area contributed by atoms with Crippen LogP contribution in [0.1, 0.15) is 31.4 Å². The molecule has 0 aliphatic carbocycles. The van der Waals surface area contributed by atoms with Gasteiger partial charge >= 0.3 is 0 Å². The number of aromatic nitrogens is 2. The summed E-state index contributed by atoms with van der Waals surface area (Å²) < 4.78 is 24.2. The third kappa shape index (κ3) is 3.57. The van der Waals surface area contributed by atoms with Crippen molar-refractivity contribution in [2.45, 2.75) is 25.8 Å². The summed E-state index contributed by atoms with van der Waals surface area (Å²) in [5, 5.41) is 9.50. The number of hydrogen-bond acceptors (Lipinski definition) is 4. The van der Waals surface area contributed by atoms with Crippen LogP contribution in [0, 0.1) is 5.92 Å². The monoisotopic (exact) mass is 300 g/mol. The van der Waals surface area contributed by atoms with Crippen molar-refractivity contribution in [2.75, 3.05) is 19.3 Å². The summed E-state index contributed by atoms with van der Waals surface area (Å²) in [6, 6.07) is -0.103. The maximum atomic E-state index is 12.2. The minimum absolute atomic E-state index is 0.0214. The first-order chi connectivity index (χ1) is 9.38. The second kappa shape index (κ2) is 5.92. The largest absolute Gasteiger partial charge is 0.349 e. The fraction of sp³-hybridized carbons (Fsp3) is 0.667. The molecule has 8 heteroatoms. The maximum absolute atomic E-state index is 12.2. The van der Waals surface area contributed by atoms with Gasteiger partial charge in [0.25, 0.3) is 0 Å². The molecular formula is C12H20N4O3S. The number of carbonyl (C=O) groups excluding carboxylic acids is 1. The van der Waals surface area contributed by atoms with Crippen LogP contribution in [0.3, 0.4) is 0 Å². The van der Waals surface area contributed by atoms with E-state index in [0.29, 0.717) is 25.9 Å². The average Bonchev–Trinajstić information content (AvgIpc) is 2.91. The molecule has 2 rings (SSSR count). The van der Waals surface area contributed by atoms with Gasteiger partial charge in [-0.25, -0.2) is 12.7 Å². The summed E-state index contributed by atoms with van der Waals surface area (Å²) in [5.74, 6) is -0.144. The zero-order valence-electron chi connectivity index (χ0n) is 11.7. The molecule has 1 aliphatic rings. The van der Waals surface area contributed by atoms with Gasteiger partial charge in [0.2, 0.25) is 15.9 Å². The van der Waals surface area contributed by atoms with Crippen molar-refractivity contribution in [2.24, 2.45) is 5.92 Å². The van der Waals surface area contributed by atoms with Gasteiger partial charge in [0, 0.05) is 30.8 Å². The number of piperidine rings is 1. The molecule has 112 valence electrons. The van der Waals surface area contributed by atoms with E-state index in [2.05, 4.69) is 15.5 Å². The second-order valence-corrected chi connectivity index (χ2v) is 7.18. The van der Waals surface area contributed by atoms with Gasteiger partial charge in [-0.2, -0.15) is 5.10 Å². The number of hydrogen-bond donors (Lipinski definition) is 2. The van der Waals surface area contributed by atoms with Crippen LogP contribution in [0.25, 0.3) is 0 Å². The van der Waals surface area contributed by atoms with E-state index in [1.54, 1.807) is 12.4 Å². The van der Waals surface area contributed by atoms with Crippen LogP contribution >= 0.6 is 0 Å². The zero-order valence-corrected chi connectivity index (χ0v) is 12.5. The lowest BCUT2D eigenvalue weighted by atomic mass is 9.96. The highest BCUT2D eigenvalue weighted by Gasteiger charge is 2.29. The standard InChI is InChI=1S/C12H20N4O3S/c1-9(11-7-13-14-8-11)15-12(17)10-3-5-16(6-4-10)20(2,18)19/h7-10H,3-6H2,1-2H3,(H,13,14)(H,15,17). The first kappa shape index (κ1) is 15.0. The van der Waals surface area contributed by atoms with E-state index in [1.807, 2.05) is 6.92 Å². The smallest absolute Gasteiger partial charge is 0.223 e. The SMILES string of the molecule is CC(NC(=O)C1CCN(S(C)(=O)=O)CC1)c1cn[nH]c1. The van der Waals surface area contributed by atoms with Crippen molar-refractivity contribution < 1.29 is 13.2 Å². The third-order valence-electron chi connectivity index (χ3n) is 3.67. The van der Waals surface area contributed by atoms with E-state index in [4.69, 9.17) is 0 Å². The molecule has 1 aliphatic heterocycles. The lowest BCUT2D eigenvalue weighted by Gasteiger charge is -2.30. The van der Waals surface area contributed by atoms with Crippen molar-refractivity contribution in [1.82, 2.24) is 19.8 Å². The number of rotatable bonds is 4. The first-order valence-corrected chi connectivity index (χ1v) is 8.47. The molecule has 2 N–H and O–H groups in total. The van der Waals surface area contributed by atoms with Crippen LogP contribution in [-0.2, 0) is 14.8 Å². The molecule has 1 aromatic heterocycles. The molecule has 0 bridgehead atoms. The van der Waals surface area contributed by atoms with E-state index in [0.717, 1.165) is 5.56 Å². The quantitative estimate of drug-likeness (QED) is 0.833. The highest BCUT2D eigenvalue weighted by molar-refractivity contribution is 7.88. The minimum atomic E-state index is -3.14. The fourth-order valence-electron chi connectivity index (χ4n) is 2.36. The fourth-order valence-corrected chi connectivity index (χ4v) is 3.24. The van der Waals surface area contributed by atoms with Crippen molar-refractivity contribution in [3.05, 3.63) is 18.0 Å². The number of nitrogens with zero attached hydrogens (tertiary/aromatic N) is 2. The molecule has 1 saturated heterocycles. The molecular weight excluding hydrogens is 280 g/mol. The highest BCUT2D eigenvalue weighted by atomic mass is 32.2. The summed E-state index contributed by atoms with van der Waals surface area (Å²) in [4.78, 5) is 12.2. The Morgan fingerprint density at radius 3 is 2.65 bits per heavy atom. The maximum Gasteiger partial charge on any atom is 0.223 e. The van der Waals surface area contributed by atoms with E-state index >= 15 is 0 Å². The Labute approximate surface area is 118 Å². The van der Waals surface area contributed by atoms with Crippen LogP contribution in [0.4, 0.5) is 0 Å². The molecule has 1 aromatic rings. The second-order valence-electron chi connectivity index (χ2n) is 5.20. The van der Waals surface area contributed by atoms with Crippen molar-refractivity contribution in [3.8, 4) is 0 Å². The molecule has 7 nitrogen and oxygen atoms in total. The number of nitrogens with one attached hydrogen (secondary N) is 2. The molecule has 1 unspecified atom stereocenters. The molecule has 2 heterocycles. The predicted octanol–water partition coefficient (Wildman–Crippen LogP) is 0.259. The normalized spacial score (nSPS) is 19.7. The highest BCUT2D eigenvalue weighted by Crippen LogP contribution is 2.20. The van der Waals surface area contributed by atoms with Gasteiger partial charge in [-0.15, -0.1) is 0 Å². The van der Waals surface area contributed by atoms with Crippen LogP contribution in [-0.4, -0.2) is 48.2 Å². The third-order valence-corrected chi connectivity index (χ3v) is 4.98. The van der Waals surface area contributed by atoms with Gasteiger partial charge < -0.3 is 5.32 Å². The summed E-state index contributed by atoms with van der Waals surface area (Å²) in [6.45, 7) is 2.72. The lowest BCUT2D eigenvalue weighted by molar-refractivity contribution is -0.126. The Balaban J connectivity index is 1.86. The number of amides is 1. The summed E-state index contributed by atoms with van der Waals surface area (Å²) >= 11 is 0. The van der Waals surface area contributed by atoms with E-state index in [1.165, 1.54) is 10.6 Å². The van der Waals surface area contributed by atoms with Gasteiger partial charge in [-0.3, -0.25) is 9.89 Å². The predicted molar refractivity (Wildman–Crippen MR) is 74.3 cm³/mol. The zero-order chi connectivity index (χ0) is 14.8. The van der Waals surface area contributed by atoms with Gasteiger partial charge in [0.05, 0.1) is 18.5 Å². The summed E-state index contributed by atoms with van der Waals surface area (Å²) in [5.41, 5.74) is 0.923. The number of aromatic amines is 1. The van der Waals surface area contributed by atoms with Crippen LogP contribution < -0.4 is 5.32 Å². The summed E-state index contributed by atoms with van der Waals surface area (Å²) in [7, 11) is -3.14. The van der Waals surface area contributed by atoms with E-state index < -0.39 is 10.0 Å². The summed E-state index contributed by atoms with van der Waals surface area (Å²) in [6.07, 6.45) is 5.76. The first-order valence-electron chi connectivity index (χ1n) is 6.62. The molecule has 0 spiro atoms. The number of H-pyrrole nitrogens is 1. The topological polar surface area (TPSA) is 95.2 Å². The Bertz CT molecular complexity index is 547. The molecule has 1 amide bonds. The molecule has 0 aromatic carbocycles. The Morgan fingerprint density at radius 1 is 1.50 bits per heavy atom. The van der Waals surface area contributed by atoms with Gasteiger partial charge in [0.1, 0.15) is 0 Å². The van der Waals surface area contributed by atoms with Gasteiger partial charge in [-0.05, 0) is 19.8 Å². The number of sulfonamides is 1. The lowest BCUT2D eigenvalue weighted by Crippen LogP contribution is -2.43. The Kier molecular flexibility index (Phi) is 4.44. The average molecular weight is 300 g/mol. The van der Waals surface area contributed by atoms with E-state index in [9.17, 15) is 13.2 Å². The minimum Gasteiger partial charge on any atom is -0.349 e. The van der Waals surface area contributed by atoms with Crippen molar-refractivity contribution >= 4 is 15.9 Å². The van der Waals surface area contributed by atoms with E-state index in [-0.39, 0.29) is 17.9 Å². The van der Waals surface area contributed by atoms with Crippen LogP contribution in [0.5, 0.6) is 0 Å². The molecule has 20 heavy (non-hydrogen) atoms. The van der Waals surface area contributed by atoms with Crippen molar-refractivity contribution in [1.29, 1.82) is 0 Å². The van der Waals surface area contributed by atoms with Crippen LogP contribution in [0.2, 0.25) is 0 Å². The number of carbonyl (C=O) groups is 1. The molecule has 0 radical (unpaired) electrons.